The van der Waals surface area contributed by atoms with Gasteiger partial charge in [-0.1, -0.05) is 6.08 Å². The van der Waals surface area contributed by atoms with E-state index in [4.69, 9.17) is 10.2 Å². The molecule has 0 saturated heterocycles. The van der Waals surface area contributed by atoms with Crippen LogP contribution in [0.2, 0.25) is 0 Å². The number of quaternary nitrogens is 1. The van der Waals surface area contributed by atoms with Gasteiger partial charge >= 0.3 is 0 Å². The zero-order chi connectivity index (χ0) is 8.32. The molecule has 4 nitrogen and oxygen atoms in total. The van der Waals surface area contributed by atoms with Gasteiger partial charge in [-0.3, -0.25) is 0 Å². The second kappa shape index (κ2) is 3.13. The number of nitrogens with zero attached hydrogens (tertiary/aromatic N) is 1. The standard InChI is InChI=1S/C7H13N2O2/c1-11-9(10)4-2-3-7(5-8)6-9/h3,5,8,10H,2,4,6H2,1H3/q+1. The quantitative estimate of drug-likeness (QED) is 0.458. The molecule has 4 heteroatoms. The lowest BCUT2D eigenvalue weighted by atomic mass is 10.1. The van der Waals surface area contributed by atoms with Crippen molar-refractivity contribution in [3.05, 3.63) is 11.6 Å². The normalized spacial score (nSPS) is 31.3. The molecule has 1 atom stereocenters. The highest BCUT2D eigenvalue weighted by Gasteiger charge is 2.29. The van der Waals surface area contributed by atoms with Gasteiger partial charge in [0, 0.05) is 18.2 Å². The van der Waals surface area contributed by atoms with Crippen molar-refractivity contribution in [3.63, 3.8) is 0 Å². The summed E-state index contributed by atoms with van der Waals surface area (Å²) in [6.07, 6.45) is 3.95. The molecule has 0 aliphatic carbocycles. The molecule has 0 amide bonds. The third-order valence-corrected chi connectivity index (χ3v) is 1.84. The summed E-state index contributed by atoms with van der Waals surface area (Å²) in [6, 6.07) is 0. The first kappa shape index (κ1) is 8.39. The molecule has 62 valence electrons. The molecule has 1 rings (SSSR count). The lowest BCUT2D eigenvalue weighted by Gasteiger charge is -2.28. The van der Waals surface area contributed by atoms with E-state index >= 15 is 0 Å². The third kappa shape index (κ3) is 1.86. The largest absolute Gasteiger partial charge is 0.308 e. The Labute approximate surface area is 65.7 Å². The van der Waals surface area contributed by atoms with Gasteiger partial charge in [0.25, 0.3) is 0 Å². The fraction of sp³-hybridized carbons (Fsp3) is 0.571. The van der Waals surface area contributed by atoms with Crippen molar-refractivity contribution >= 4 is 6.21 Å². The Morgan fingerprint density at radius 1 is 1.82 bits per heavy atom. The van der Waals surface area contributed by atoms with Crippen molar-refractivity contribution in [1.82, 2.24) is 0 Å². The summed E-state index contributed by atoms with van der Waals surface area (Å²) in [5, 5.41) is 16.5. The first-order valence-electron chi connectivity index (χ1n) is 3.55. The van der Waals surface area contributed by atoms with E-state index in [-0.39, 0.29) is 0 Å². The molecule has 0 aromatic heterocycles. The van der Waals surface area contributed by atoms with Gasteiger partial charge in [-0.15, -0.1) is 0 Å². The van der Waals surface area contributed by atoms with E-state index in [1.54, 1.807) is 0 Å². The molecule has 1 heterocycles. The second-order valence-electron chi connectivity index (χ2n) is 2.62. The van der Waals surface area contributed by atoms with Crippen LogP contribution in [0.1, 0.15) is 6.42 Å². The van der Waals surface area contributed by atoms with E-state index < -0.39 is 4.81 Å². The molecule has 2 N–H and O–H groups in total. The van der Waals surface area contributed by atoms with Crippen molar-refractivity contribution < 1.29 is 14.9 Å². The highest BCUT2D eigenvalue weighted by atomic mass is 16.9. The topological polar surface area (TPSA) is 53.3 Å². The van der Waals surface area contributed by atoms with Crippen LogP contribution >= 0.6 is 0 Å². The van der Waals surface area contributed by atoms with Gasteiger partial charge in [-0.2, -0.15) is 10.0 Å². The number of rotatable bonds is 2. The molecule has 11 heavy (non-hydrogen) atoms. The van der Waals surface area contributed by atoms with Crippen molar-refractivity contribution in [2.45, 2.75) is 6.42 Å². The average molecular weight is 157 g/mol. The summed E-state index contributed by atoms with van der Waals surface area (Å²) in [4.78, 5) is 4.46. The Hall–Kier alpha value is -0.710. The van der Waals surface area contributed by atoms with Crippen LogP contribution in [0.25, 0.3) is 0 Å². The fourth-order valence-corrected chi connectivity index (χ4v) is 1.14. The van der Waals surface area contributed by atoms with Gasteiger partial charge in [0.2, 0.25) is 0 Å². The van der Waals surface area contributed by atoms with Crippen molar-refractivity contribution in [2.24, 2.45) is 0 Å². The summed E-state index contributed by atoms with van der Waals surface area (Å²) in [7, 11) is 1.47. The minimum atomic E-state index is -0.402. The van der Waals surface area contributed by atoms with Crippen LogP contribution < -0.4 is 0 Å². The lowest BCUT2D eigenvalue weighted by molar-refractivity contribution is -1.24. The Morgan fingerprint density at radius 2 is 2.55 bits per heavy atom. The van der Waals surface area contributed by atoms with Crippen molar-refractivity contribution in [2.75, 3.05) is 20.2 Å². The zero-order valence-electron chi connectivity index (χ0n) is 6.58. The Morgan fingerprint density at radius 3 is 3.09 bits per heavy atom. The average Bonchev–Trinajstić information content (AvgIpc) is 2.05. The van der Waals surface area contributed by atoms with Crippen LogP contribution in [0.4, 0.5) is 0 Å². The smallest absolute Gasteiger partial charge is 0.168 e. The highest BCUT2D eigenvalue weighted by Crippen LogP contribution is 2.14. The van der Waals surface area contributed by atoms with E-state index in [0.717, 1.165) is 12.0 Å². The van der Waals surface area contributed by atoms with Crippen LogP contribution in [-0.2, 0) is 4.84 Å². The monoisotopic (exact) mass is 157 g/mol. The van der Waals surface area contributed by atoms with Crippen LogP contribution in [0.3, 0.4) is 0 Å². The minimum absolute atomic E-state index is 0.375. The van der Waals surface area contributed by atoms with Gasteiger partial charge in [-0.25, -0.2) is 0 Å². The zero-order valence-corrected chi connectivity index (χ0v) is 6.58. The molecule has 1 aliphatic rings. The first-order valence-corrected chi connectivity index (χ1v) is 3.55. The van der Waals surface area contributed by atoms with Gasteiger partial charge < -0.3 is 5.41 Å². The Kier molecular flexibility index (Phi) is 2.38. The highest BCUT2D eigenvalue weighted by molar-refractivity contribution is 5.75. The lowest BCUT2D eigenvalue weighted by Crippen LogP contribution is -2.47. The number of nitrogens with one attached hydrogen (secondary N) is 1. The van der Waals surface area contributed by atoms with Gasteiger partial charge in [0.05, 0.1) is 7.11 Å². The molecule has 0 radical (unpaired) electrons. The Balaban J connectivity index is 2.66. The molecule has 0 fully saturated rings. The number of hydrogen-bond donors (Lipinski definition) is 2. The molecule has 0 spiro atoms. The van der Waals surface area contributed by atoms with Crippen molar-refractivity contribution in [1.29, 1.82) is 5.41 Å². The Bertz CT molecular complexity index is 191. The molecular formula is C7H13N2O2+. The fourth-order valence-electron chi connectivity index (χ4n) is 1.14. The molecule has 0 aromatic rings. The maximum atomic E-state index is 9.55. The summed E-state index contributed by atoms with van der Waals surface area (Å²) < 4.78 is 0. The van der Waals surface area contributed by atoms with Gasteiger partial charge in [-0.05, 0) is 4.81 Å². The van der Waals surface area contributed by atoms with Crippen LogP contribution in [0.15, 0.2) is 11.6 Å². The van der Waals surface area contributed by atoms with Crippen molar-refractivity contribution in [3.8, 4) is 0 Å². The second-order valence-corrected chi connectivity index (χ2v) is 2.62. The molecule has 1 aliphatic heterocycles. The maximum Gasteiger partial charge on any atom is 0.168 e. The molecule has 0 aromatic carbocycles. The summed E-state index contributed by atoms with van der Waals surface area (Å²) >= 11 is 0. The van der Waals surface area contributed by atoms with E-state index in [9.17, 15) is 5.21 Å². The van der Waals surface area contributed by atoms with E-state index in [0.29, 0.717) is 13.1 Å². The van der Waals surface area contributed by atoms with Crippen LogP contribution in [-0.4, -0.2) is 36.4 Å². The SMILES string of the molecule is CO[N+]1(O)CCC=C(C=N)C1. The predicted molar refractivity (Wildman–Crippen MR) is 40.3 cm³/mol. The molecule has 0 saturated carbocycles. The van der Waals surface area contributed by atoms with E-state index in [2.05, 4.69) is 0 Å². The van der Waals surface area contributed by atoms with Gasteiger partial charge in [0.15, 0.2) is 6.54 Å². The summed E-state index contributed by atoms with van der Waals surface area (Å²) in [5.41, 5.74) is 0.820. The minimum Gasteiger partial charge on any atom is -0.308 e. The first-order chi connectivity index (χ1) is 5.20. The summed E-state index contributed by atoms with van der Waals surface area (Å²) in [5.74, 6) is 0. The van der Waals surface area contributed by atoms with Crippen LogP contribution in [0.5, 0.6) is 0 Å². The van der Waals surface area contributed by atoms with Gasteiger partial charge in [0.1, 0.15) is 6.54 Å². The molecule has 1 unspecified atom stereocenters. The summed E-state index contributed by atoms with van der Waals surface area (Å²) in [6.45, 7) is 0.938. The molecular weight excluding hydrogens is 144 g/mol. The number of hydrogen-bond acceptors (Lipinski definition) is 3. The molecule has 0 bridgehead atoms. The van der Waals surface area contributed by atoms with E-state index in [1.165, 1.54) is 13.3 Å². The van der Waals surface area contributed by atoms with Crippen LogP contribution in [0, 0.1) is 5.41 Å². The third-order valence-electron chi connectivity index (χ3n) is 1.84. The number of hydroxylamine groups is 4. The predicted octanol–water partition coefficient (Wildman–Crippen LogP) is 0.733. The maximum absolute atomic E-state index is 9.55. The van der Waals surface area contributed by atoms with E-state index in [1.807, 2.05) is 6.08 Å².